The van der Waals surface area contributed by atoms with Crippen LogP contribution in [-0.4, -0.2) is 22.6 Å². The summed E-state index contributed by atoms with van der Waals surface area (Å²) in [6.07, 6.45) is 0. The van der Waals surface area contributed by atoms with Crippen molar-refractivity contribution in [2.45, 2.75) is 13.1 Å². The summed E-state index contributed by atoms with van der Waals surface area (Å²) in [5.41, 5.74) is 9.25. The van der Waals surface area contributed by atoms with Crippen LogP contribution in [0.1, 0.15) is 0 Å². The van der Waals surface area contributed by atoms with Gasteiger partial charge in [0.25, 0.3) is 0 Å². The summed E-state index contributed by atoms with van der Waals surface area (Å²) in [5, 5.41) is 7.92. The third-order valence-electron chi connectivity index (χ3n) is 9.98. The minimum absolute atomic E-state index is 0.789. The molecule has 0 radical (unpaired) electrons. The summed E-state index contributed by atoms with van der Waals surface area (Å²) in [4.78, 5) is 10.7. The first-order valence-electron chi connectivity index (χ1n) is 16.1. The molecule has 0 aliphatic carbocycles. The number of aromatic nitrogens is 3. The van der Waals surface area contributed by atoms with Crippen molar-refractivity contribution in [3.05, 3.63) is 140 Å². The van der Waals surface area contributed by atoms with Gasteiger partial charge in [-0.3, -0.25) is 0 Å². The molecular weight excluding hydrogens is 607 g/mol. The first-order chi connectivity index (χ1) is 23.1. The molecule has 4 heterocycles. The Morgan fingerprint density at radius 1 is 0.574 bits per heavy atom. The third-order valence-corrected chi connectivity index (χ3v) is 14.5. The van der Waals surface area contributed by atoms with Crippen LogP contribution in [0.3, 0.4) is 0 Å². The van der Waals surface area contributed by atoms with E-state index in [-0.39, 0.29) is 0 Å². The first kappa shape index (κ1) is 26.8. The van der Waals surface area contributed by atoms with Gasteiger partial charge in [0.2, 0.25) is 0 Å². The molecule has 0 saturated carbocycles. The Labute approximate surface area is 277 Å². The molecule has 0 fully saturated rings. The molecule has 9 aromatic rings. The number of benzene rings is 6. The summed E-state index contributed by atoms with van der Waals surface area (Å²) in [6.45, 7) is 4.84. The highest BCUT2D eigenvalue weighted by atomic mass is 32.1. The molecule has 1 aliphatic heterocycles. The van der Waals surface area contributed by atoms with Gasteiger partial charge in [-0.2, -0.15) is 0 Å². The van der Waals surface area contributed by atoms with Gasteiger partial charge in [-0.05, 0) is 53.2 Å². The minimum atomic E-state index is -2.02. The molecule has 1 aliphatic rings. The van der Waals surface area contributed by atoms with Crippen molar-refractivity contribution in [2.24, 2.45) is 0 Å². The van der Waals surface area contributed by atoms with Gasteiger partial charge in [0.1, 0.15) is 8.07 Å². The highest BCUT2D eigenvalue weighted by Crippen LogP contribution is 2.43. The van der Waals surface area contributed by atoms with E-state index in [1.165, 1.54) is 63.6 Å². The van der Waals surface area contributed by atoms with Crippen molar-refractivity contribution in [1.82, 2.24) is 14.5 Å². The lowest BCUT2D eigenvalue weighted by atomic mass is 10.0. The Kier molecular flexibility index (Phi) is 5.60. The molecule has 222 valence electrons. The summed E-state index contributed by atoms with van der Waals surface area (Å²) < 4.78 is 5.09. The van der Waals surface area contributed by atoms with Crippen molar-refractivity contribution in [1.29, 1.82) is 0 Å². The fraction of sp³-hybridized carbons (Fsp3) is 0.0476. The van der Waals surface area contributed by atoms with Crippen molar-refractivity contribution >= 4 is 71.9 Å². The van der Waals surface area contributed by atoms with Gasteiger partial charge < -0.3 is 4.57 Å². The summed E-state index contributed by atoms with van der Waals surface area (Å²) in [7, 11) is -2.02. The van der Waals surface area contributed by atoms with Crippen LogP contribution in [0.2, 0.25) is 13.1 Å². The van der Waals surface area contributed by atoms with E-state index in [1.807, 2.05) is 11.3 Å². The summed E-state index contributed by atoms with van der Waals surface area (Å²) >= 11 is 1.89. The number of hydrogen-bond acceptors (Lipinski definition) is 3. The minimum Gasteiger partial charge on any atom is -0.309 e. The quantitative estimate of drug-likeness (QED) is 0.181. The molecule has 0 unspecified atom stereocenters. The lowest BCUT2D eigenvalue weighted by molar-refractivity contribution is 1.17. The Balaban J connectivity index is 1.16. The standard InChI is InChI=1S/C42H29N3SSi/c1-47(2)36-19-11-8-16-32(36)38-39(26-12-4-3-5-13-26)43-41(44-42(38)47)27-20-22-28(23-21-27)45-33-17-9-6-15-31(33)37-34(45)25-24-30-29-14-7-10-18-35(29)46-40(30)37/h3-25H,1-2H3. The summed E-state index contributed by atoms with van der Waals surface area (Å²) in [5.74, 6) is 0.789. The Morgan fingerprint density at radius 3 is 2.15 bits per heavy atom. The van der Waals surface area contributed by atoms with Gasteiger partial charge in [-0.1, -0.05) is 110 Å². The van der Waals surface area contributed by atoms with Gasteiger partial charge in [-0.15, -0.1) is 11.3 Å². The Bertz CT molecular complexity index is 2700. The molecule has 47 heavy (non-hydrogen) atoms. The number of para-hydroxylation sites is 1. The first-order valence-corrected chi connectivity index (χ1v) is 19.9. The highest BCUT2D eigenvalue weighted by molar-refractivity contribution is 7.26. The van der Waals surface area contributed by atoms with Crippen LogP contribution in [0.4, 0.5) is 0 Å². The van der Waals surface area contributed by atoms with E-state index in [0.29, 0.717) is 0 Å². The maximum Gasteiger partial charge on any atom is 0.159 e. The van der Waals surface area contributed by atoms with Crippen LogP contribution in [-0.2, 0) is 0 Å². The van der Waals surface area contributed by atoms with E-state index in [9.17, 15) is 0 Å². The normalized spacial score (nSPS) is 13.5. The van der Waals surface area contributed by atoms with Crippen LogP contribution < -0.4 is 10.5 Å². The topological polar surface area (TPSA) is 30.7 Å². The lowest BCUT2D eigenvalue weighted by Crippen LogP contribution is -2.50. The van der Waals surface area contributed by atoms with Crippen molar-refractivity contribution < 1.29 is 0 Å². The molecule has 0 N–H and O–H groups in total. The average molecular weight is 636 g/mol. The van der Waals surface area contributed by atoms with E-state index < -0.39 is 8.07 Å². The molecule has 6 aromatic carbocycles. The molecule has 3 aromatic heterocycles. The molecule has 0 bridgehead atoms. The largest absolute Gasteiger partial charge is 0.309 e. The van der Waals surface area contributed by atoms with Gasteiger partial charge in [0.15, 0.2) is 5.82 Å². The fourth-order valence-corrected chi connectivity index (χ4v) is 11.9. The predicted molar refractivity (Wildman–Crippen MR) is 202 cm³/mol. The SMILES string of the molecule is C[Si]1(C)c2ccccc2-c2c(-c3ccccc3)nc(-c3ccc(-n4c5ccccc5c5c6sc7ccccc7c6ccc54)cc3)nc21. The number of hydrogen-bond donors (Lipinski definition) is 0. The molecule has 5 heteroatoms. The molecule has 0 amide bonds. The van der Waals surface area contributed by atoms with Gasteiger partial charge >= 0.3 is 0 Å². The smallest absolute Gasteiger partial charge is 0.159 e. The maximum absolute atomic E-state index is 5.37. The number of fused-ring (bicyclic) bond motifs is 10. The lowest BCUT2D eigenvalue weighted by Gasteiger charge is -2.19. The molecule has 10 rings (SSSR count). The van der Waals surface area contributed by atoms with Gasteiger partial charge in [0, 0.05) is 58.6 Å². The van der Waals surface area contributed by atoms with Crippen molar-refractivity contribution in [2.75, 3.05) is 0 Å². The molecule has 0 saturated heterocycles. The van der Waals surface area contributed by atoms with E-state index in [2.05, 4.69) is 157 Å². The van der Waals surface area contributed by atoms with Gasteiger partial charge in [-0.25, -0.2) is 9.97 Å². The van der Waals surface area contributed by atoms with Crippen LogP contribution in [0, 0.1) is 0 Å². The summed E-state index contributed by atoms with van der Waals surface area (Å²) in [6, 6.07) is 50.4. The predicted octanol–water partition coefficient (Wildman–Crippen LogP) is 10.1. The molecule has 0 spiro atoms. The van der Waals surface area contributed by atoms with E-state index in [0.717, 1.165) is 28.3 Å². The van der Waals surface area contributed by atoms with Crippen LogP contribution in [0.25, 0.3) is 81.4 Å². The van der Waals surface area contributed by atoms with E-state index in [1.54, 1.807) is 0 Å². The Hall–Kier alpha value is -5.36. The van der Waals surface area contributed by atoms with Crippen molar-refractivity contribution in [3.63, 3.8) is 0 Å². The monoisotopic (exact) mass is 635 g/mol. The molecule has 0 atom stereocenters. The second-order valence-corrected chi connectivity index (χ2v) is 18.3. The molecule has 3 nitrogen and oxygen atoms in total. The number of rotatable bonds is 3. The van der Waals surface area contributed by atoms with E-state index in [4.69, 9.17) is 9.97 Å². The van der Waals surface area contributed by atoms with Crippen LogP contribution in [0.5, 0.6) is 0 Å². The number of nitrogens with zero attached hydrogens (tertiary/aromatic N) is 3. The zero-order valence-electron chi connectivity index (χ0n) is 26.0. The second-order valence-electron chi connectivity index (χ2n) is 13.0. The molecular formula is C42H29N3SSi. The second kappa shape index (κ2) is 9.82. The zero-order chi connectivity index (χ0) is 31.3. The number of thiophene rings is 1. The highest BCUT2D eigenvalue weighted by Gasteiger charge is 2.41. The van der Waals surface area contributed by atoms with Crippen LogP contribution >= 0.6 is 11.3 Å². The van der Waals surface area contributed by atoms with Crippen LogP contribution in [0.15, 0.2) is 140 Å². The van der Waals surface area contributed by atoms with Crippen molar-refractivity contribution in [3.8, 4) is 39.5 Å². The third kappa shape index (κ3) is 3.78. The maximum atomic E-state index is 5.37. The van der Waals surface area contributed by atoms with Gasteiger partial charge in [0.05, 0.1) is 16.7 Å². The zero-order valence-corrected chi connectivity index (χ0v) is 27.8. The average Bonchev–Trinajstić information content (AvgIpc) is 3.74. The fourth-order valence-electron chi connectivity index (χ4n) is 7.75. The van der Waals surface area contributed by atoms with E-state index >= 15 is 0 Å². The Morgan fingerprint density at radius 2 is 1.30 bits per heavy atom.